The van der Waals surface area contributed by atoms with Gasteiger partial charge in [0.1, 0.15) is 10.7 Å². The highest BCUT2D eigenvalue weighted by Crippen LogP contribution is 2.28. The fourth-order valence-corrected chi connectivity index (χ4v) is 3.05. The Morgan fingerprint density at radius 1 is 1.26 bits per heavy atom. The van der Waals surface area contributed by atoms with E-state index < -0.39 is 15.8 Å². The van der Waals surface area contributed by atoms with Crippen LogP contribution in [0.4, 0.5) is 10.1 Å². The van der Waals surface area contributed by atoms with Gasteiger partial charge in [-0.1, -0.05) is 11.6 Å². The van der Waals surface area contributed by atoms with Gasteiger partial charge in [-0.2, -0.15) is 4.31 Å². The number of sulfonamides is 1. The molecule has 0 saturated carbocycles. The van der Waals surface area contributed by atoms with Crippen LogP contribution >= 0.6 is 11.6 Å². The third-order valence-corrected chi connectivity index (χ3v) is 4.92. The van der Waals surface area contributed by atoms with Gasteiger partial charge in [-0.15, -0.1) is 0 Å². The number of benzene rings is 1. The summed E-state index contributed by atoms with van der Waals surface area (Å²) >= 11 is 5.78. The van der Waals surface area contributed by atoms with Crippen LogP contribution < -0.4 is 5.73 Å². The molecule has 0 aliphatic carbocycles. The molecular weight excluding hydrogens is 293 g/mol. The number of hydrogen-bond acceptors (Lipinski definition) is 4. The fourth-order valence-electron chi connectivity index (χ4n) is 1.37. The van der Waals surface area contributed by atoms with E-state index >= 15 is 0 Å². The second-order valence-electron chi connectivity index (χ2n) is 4.43. The molecule has 0 aliphatic rings. The topological polar surface area (TPSA) is 66.6 Å². The van der Waals surface area contributed by atoms with Gasteiger partial charge in [0, 0.05) is 20.1 Å². The highest BCUT2D eigenvalue weighted by atomic mass is 35.5. The molecule has 5 nitrogen and oxygen atoms in total. The molecule has 108 valence electrons. The number of anilines is 1. The molecule has 0 atom stereocenters. The van der Waals surface area contributed by atoms with Gasteiger partial charge in [0.15, 0.2) is 0 Å². The van der Waals surface area contributed by atoms with Crippen LogP contribution in [0.15, 0.2) is 17.0 Å². The second kappa shape index (κ2) is 6.04. The minimum absolute atomic E-state index is 0.177. The van der Waals surface area contributed by atoms with E-state index in [1.807, 2.05) is 19.0 Å². The molecule has 1 rings (SSSR count). The smallest absolute Gasteiger partial charge is 0.244 e. The summed E-state index contributed by atoms with van der Waals surface area (Å²) in [7, 11) is 1.34. The van der Waals surface area contributed by atoms with E-state index in [-0.39, 0.29) is 15.6 Å². The number of hydrogen-bond donors (Lipinski definition) is 1. The molecule has 2 N–H and O–H groups in total. The highest BCUT2D eigenvalue weighted by molar-refractivity contribution is 7.89. The van der Waals surface area contributed by atoms with Crippen LogP contribution in [0.3, 0.4) is 0 Å². The summed E-state index contributed by atoms with van der Waals surface area (Å²) in [6.45, 7) is 0.854. The van der Waals surface area contributed by atoms with E-state index in [9.17, 15) is 12.8 Å². The van der Waals surface area contributed by atoms with Gasteiger partial charge in [0.25, 0.3) is 0 Å². The van der Waals surface area contributed by atoms with Crippen molar-refractivity contribution in [2.24, 2.45) is 0 Å². The monoisotopic (exact) mass is 309 g/mol. The minimum atomic E-state index is -3.78. The Bertz CT molecular complexity index is 563. The maximum atomic E-state index is 13.2. The molecule has 19 heavy (non-hydrogen) atoms. The summed E-state index contributed by atoms with van der Waals surface area (Å²) in [4.78, 5) is 1.67. The first kappa shape index (κ1) is 16.2. The number of rotatable bonds is 5. The highest BCUT2D eigenvalue weighted by Gasteiger charge is 2.24. The van der Waals surface area contributed by atoms with Crippen molar-refractivity contribution < 1.29 is 12.8 Å². The number of halogens is 2. The molecule has 0 fully saturated rings. The lowest BCUT2D eigenvalue weighted by Crippen LogP contribution is -2.33. The summed E-state index contributed by atoms with van der Waals surface area (Å²) in [6.07, 6.45) is 0. The second-order valence-corrected chi connectivity index (χ2v) is 6.85. The SMILES string of the molecule is CN(C)CCN(C)S(=O)(=O)c1cc(N)c(F)cc1Cl. The maximum absolute atomic E-state index is 13.2. The number of nitrogens with two attached hydrogens (primary N) is 1. The van der Waals surface area contributed by atoms with Gasteiger partial charge in [0.05, 0.1) is 10.7 Å². The molecule has 0 aliphatic heterocycles. The molecular formula is C11H17ClFN3O2S. The largest absolute Gasteiger partial charge is 0.396 e. The van der Waals surface area contributed by atoms with Crippen LogP contribution in [0.5, 0.6) is 0 Å². The van der Waals surface area contributed by atoms with Crippen LogP contribution in [0.2, 0.25) is 5.02 Å². The van der Waals surface area contributed by atoms with Crippen LogP contribution in [0, 0.1) is 5.82 Å². The summed E-state index contributed by atoms with van der Waals surface area (Å²) in [5.74, 6) is -0.736. The third kappa shape index (κ3) is 3.79. The Hall–Kier alpha value is -0.890. The molecule has 0 aromatic heterocycles. The Labute approximate surface area is 117 Å². The number of nitrogens with zero attached hydrogens (tertiary/aromatic N) is 2. The predicted octanol–water partition coefficient (Wildman–Crippen LogP) is 1.24. The van der Waals surface area contributed by atoms with Crippen molar-refractivity contribution in [1.29, 1.82) is 0 Å². The van der Waals surface area contributed by atoms with E-state index in [1.54, 1.807) is 0 Å². The Kier molecular flexibility index (Phi) is 5.14. The van der Waals surface area contributed by atoms with Gasteiger partial charge in [-0.25, -0.2) is 12.8 Å². The average Bonchev–Trinajstić information content (AvgIpc) is 2.30. The fraction of sp³-hybridized carbons (Fsp3) is 0.455. The predicted molar refractivity (Wildman–Crippen MR) is 74.2 cm³/mol. The van der Waals surface area contributed by atoms with Crippen molar-refractivity contribution in [3.8, 4) is 0 Å². The van der Waals surface area contributed by atoms with Gasteiger partial charge in [-0.05, 0) is 26.2 Å². The minimum Gasteiger partial charge on any atom is -0.396 e. The van der Waals surface area contributed by atoms with Crippen LogP contribution in [0.1, 0.15) is 0 Å². The Morgan fingerprint density at radius 2 is 1.84 bits per heavy atom. The third-order valence-electron chi connectivity index (χ3n) is 2.60. The maximum Gasteiger partial charge on any atom is 0.244 e. The number of nitrogen functional groups attached to an aromatic ring is 1. The average molecular weight is 310 g/mol. The van der Waals surface area contributed by atoms with Gasteiger partial charge in [0.2, 0.25) is 10.0 Å². The molecule has 1 aromatic carbocycles. The Morgan fingerprint density at radius 3 is 2.37 bits per heavy atom. The normalized spacial score (nSPS) is 12.4. The quantitative estimate of drug-likeness (QED) is 0.831. The molecule has 0 saturated heterocycles. The summed E-state index contributed by atoms with van der Waals surface area (Å²) in [5.41, 5.74) is 5.14. The van der Waals surface area contributed by atoms with Crippen molar-refractivity contribution in [2.75, 3.05) is 40.0 Å². The molecule has 0 unspecified atom stereocenters. The Balaban J connectivity index is 3.10. The molecule has 0 radical (unpaired) electrons. The number of likely N-dealkylation sites (N-methyl/N-ethyl adjacent to an activating group) is 2. The van der Waals surface area contributed by atoms with E-state index in [2.05, 4.69) is 0 Å². The molecule has 0 spiro atoms. The summed E-state index contributed by atoms with van der Waals surface area (Å²) < 4.78 is 38.9. The van der Waals surface area contributed by atoms with Crippen LogP contribution in [-0.4, -0.2) is 51.9 Å². The zero-order chi connectivity index (χ0) is 14.8. The van der Waals surface area contributed by atoms with Crippen molar-refractivity contribution in [2.45, 2.75) is 4.90 Å². The van der Waals surface area contributed by atoms with Gasteiger partial charge < -0.3 is 10.6 Å². The van der Waals surface area contributed by atoms with Gasteiger partial charge >= 0.3 is 0 Å². The van der Waals surface area contributed by atoms with Crippen LogP contribution in [0.25, 0.3) is 0 Å². The standard InChI is InChI=1S/C11H17ClFN3O2S/c1-15(2)4-5-16(3)19(17,18)11-7-10(14)9(13)6-8(11)12/h6-7H,4-5,14H2,1-3H3. The first-order valence-corrected chi connectivity index (χ1v) is 7.33. The van der Waals surface area contributed by atoms with Crippen LogP contribution in [-0.2, 0) is 10.0 Å². The zero-order valence-corrected chi connectivity index (χ0v) is 12.6. The first-order chi connectivity index (χ1) is 8.66. The van der Waals surface area contributed by atoms with Crippen molar-refractivity contribution in [3.05, 3.63) is 23.0 Å². The van der Waals surface area contributed by atoms with Crippen molar-refractivity contribution >= 4 is 27.3 Å². The first-order valence-electron chi connectivity index (χ1n) is 5.52. The van der Waals surface area contributed by atoms with E-state index in [0.717, 1.165) is 16.4 Å². The molecule has 8 heteroatoms. The zero-order valence-electron chi connectivity index (χ0n) is 11.0. The van der Waals surface area contributed by atoms with Crippen molar-refractivity contribution in [3.63, 3.8) is 0 Å². The molecule has 0 bridgehead atoms. The van der Waals surface area contributed by atoms with E-state index in [0.29, 0.717) is 13.1 Å². The lowest BCUT2D eigenvalue weighted by atomic mass is 10.3. The van der Waals surface area contributed by atoms with Gasteiger partial charge in [-0.3, -0.25) is 0 Å². The molecule has 0 amide bonds. The molecule has 1 aromatic rings. The lowest BCUT2D eigenvalue weighted by Gasteiger charge is -2.20. The van der Waals surface area contributed by atoms with E-state index in [1.165, 1.54) is 7.05 Å². The molecule has 0 heterocycles. The summed E-state index contributed by atoms with van der Waals surface area (Å²) in [6, 6.07) is 1.95. The lowest BCUT2D eigenvalue weighted by molar-refractivity contribution is 0.358. The van der Waals surface area contributed by atoms with Crippen molar-refractivity contribution in [1.82, 2.24) is 9.21 Å². The van der Waals surface area contributed by atoms with E-state index in [4.69, 9.17) is 17.3 Å². The summed E-state index contributed by atoms with van der Waals surface area (Å²) in [5, 5.41) is -0.177.